The highest BCUT2D eigenvalue weighted by Gasteiger charge is 2.33. The van der Waals surface area contributed by atoms with E-state index in [4.69, 9.17) is 4.74 Å². The Morgan fingerprint density at radius 2 is 1.87 bits per heavy atom. The summed E-state index contributed by atoms with van der Waals surface area (Å²) in [6.45, 7) is 6.93. The normalized spacial score (nSPS) is 16.1. The first-order valence-corrected chi connectivity index (χ1v) is 17.1. The van der Waals surface area contributed by atoms with E-state index in [1.165, 1.54) is 25.4 Å². The lowest BCUT2D eigenvalue weighted by molar-refractivity contribution is -0.118. The van der Waals surface area contributed by atoms with Crippen LogP contribution in [0.3, 0.4) is 0 Å². The zero-order valence-corrected chi connectivity index (χ0v) is 28.6. The quantitative estimate of drug-likeness (QED) is 0.320. The van der Waals surface area contributed by atoms with Crippen LogP contribution >= 0.6 is 0 Å². The summed E-state index contributed by atoms with van der Waals surface area (Å²) in [5, 5.41) is 7.12. The second kappa shape index (κ2) is 13.8. The number of ether oxygens (including phenoxy) is 1. The van der Waals surface area contributed by atoms with Crippen molar-refractivity contribution >= 4 is 39.0 Å². The summed E-state index contributed by atoms with van der Waals surface area (Å²) in [4.78, 5) is 42.0. The van der Waals surface area contributed by atoms with Gasteiger partial charge in [0, 0.05) is 74.3 Å². The molecule has 3 amide bonds. The molecule has 11 nitrogen and oxygen atoms in total. The lowest BCUT2D eigenvalue weighted by Gasteiger charge is -2.27. The van der Waals surface area contributed by atoms with E-state index in [0.717, 1.165) is 16.0 Å². The van der Waals surface area contributed by atoms with Crippen LogP contribution in [-0.4, -0.2) is 81.3 Å². The first-order chi connectivity index (χ1) is 21.8. The van der Waals surface area contributed by atoms with Gasteiger partial charge in [-0.25, -0.2) is 17.8 Å². The zero-order valence-electron chi connectivity index (χ0n) is 27.8. The molecule has 4 rings (SSSR count). The molecule has 0 saturated carbocycles. The number of nitrogens with zero attached hydrogens (tertiary/aromatic N) is 5. The SMILES string of the molecule is Cc1c(-c2cnn(C)c2)ccc(N2CCCC(F)(F)CC2)c1C(=O)Nc1cccc([S@@](C)(=O)=NC(=O)CN(C)C(=O)OC(C)(C)C)c1. The summed E-state index contributed by atoms with van der Waals surface area (Å²) < 4.78 is 52.9. The number of carbonyl (C=O) groups excluding carboxylic acids is 3. The third-order valence-electron chi connectivity index (χ3n) is 7.63. The summed E-state index contributed by atoms with van der Waals surface area (Å²) in [5.41, 5.74) is 2.62. The first-order valence-electron chi connectivity index (χ1n) is 15.2. The van der Waals surface area contributed by atoms with E-state index in [-0.39, 0.29) is 30.7 Å². The number of hydrogen-bond donors (Lipinski definition) is 1. The van der Waals surface area contributed by atoms with Crippen molar-refractivity contribution < 1.29 is 32.1 Å². The van der Waals surface area contributed by atoms with Crippen LogP contribution in [0.25, 0.3) is 11.1 Å². The smallest absolute Gasteiger partial charge is 0.410 e. The van der Waals surface area contributed by atoms with Gasteiger partial charge in [-0.2, -0.15) is 9.46 Å². The van der Waals surface area contributed by atoms with Gasteiger partial charge in [-0.1, -0.05) is 12.1 Å². The van der Waals surface area contributed by atoms with Gasteiger partial charge >= 0.3 is 6.09 Å². The zero-order chi connectivity index (χ0) is 34.7. The molecular weight excluding hydrogens is 630 g/mol. The maximum atomic E-state index is 14.2. The van der Waals surface area contributed by atoms with Gasteiger partial charge in [0.1, 0.15) is 12.1 Å². The Kier molecular flexibility index (Phi) is 10.4. The number of benzene rings is 2. The van der Waals surface area contributed by atoms with E-state index >= 15 is 0 Å². The first kappa shape index (κ1) is 35.5. The second-order valence-corrected chi connectivity index (χ2v) is 15.1. The van der Waals surface area contributed by atoms with Gasteiger partial charge in [0.15, 0.2) is 0 Å². The van der Waals surface area contributed by atoms with Gasteiger partial charge in [-0.3, -0.25) is 14.3 Å². The summed E-state index contributed by atoms with van der Waals surface area (Å²) in [7, 11) is -0.102. The molecule has 1 aliphatic heterocycles. The minimum absolute atomic E-state index is 0.0883. The number of carbonyl (C=O) groups is 3. The predicted molar refractivity (Wildman–Crippen MR) is 177 cm³/mol. The van der Waals surface area contributed by atoms with Crippen molar-refractivity contribution in [2.24, 2.45) is 11.4 Å². The molecule has 1 saturated heterocycles. The monoisotopic (exact) mass is 672 g/mol. The van der Waals surface area contributed by atoms with Crippen LogP contribution in [0.2, 0.25) is 0 Å². The lowest BCUT2D eigenvalue weighted by atomic mass is 9.95. The molecule has 254 valence electrons. The third-order valence-corrected chi connectivity index (χ3v) is 9.31. The van der Waals surface area contributed by atoms with Gasteiger partial charge in [0.2, 0.25) is 5.92 Å². The highest BCUT2D eigenvalue weighted by molar-refractivity contribution is 7.93. The van der Waals surface area contributed by atoms with Crippen molar-refractivity contribution in [3.05, 3.63) is 59.9 Å². The molecule has 1 aliphatic rings. The summed E-state index contributed by atoms with van der Waals surface area (Å²) in [6, 6.07) is 9.85. The molecule has 47 heavy (non-hydrogen) atoms. The van der Waals surface area contributed by atoms with Gasteiger partial charge in [0.25, 0.3) is 11.8 Å². The average molecular weight is 673 g/mol. The molecule has 0 unspecified atom stereocenters. The molecule has 1 N–H and O–H groups in total. The van der Waals surface area contributed by atoms with E-state index in [0.29, 0.717) is 29.0 Å². The molecule has 2 heterocycles. The second-order valence-electron chi connectivity index (χ2n) is 12.8. The van der Waals surface area contributed by atoms with E-state index in [1.807, 2.05) is 17.2 Å². The Balaban J connectivity index is 1.63. The topological polar surface area (TPSA) is 126 Å². The summed E-state index contributed by atoms with van der Waals surface area (Å²) >= 11 is 0. The fourth-order valence-corrected chi connectivity index (χ4v) is 6.54. The van der Waals surface area contributed by atoms with Gasteiger partial charge in [-0.15, -0.1) is 0 Å². The number of aryl methyl sites for hydroxylation is 1. The average Bonchev–Trinajstić information content (AvgIpc) is 3.30. The predicted octanol–water partition coefficient (Wildman–Crippen LogP) is 6.12. The molecule has 2 aromatic carbocycles. The maximum Gasteiger partial charge on any atom is 0.410 e. The fraction of sp³-hybridized carbons (Fsp3) is 0.455. The van der Waals surface area contributed by atoms with Crippen LogP contribution in [0.1, 0.15) is 56.0 Å². The Morgan fingerprint density at radius 3 is 2.53 bits per heavy atom. The van der Waals surface area contributed by atoms with Crippen molar-refractivity contribution in [3.63, 3.8) is 0 Å². The highest BCUT2D eigenvalue weighted by Crippen LogP contribution is 2.36. The standard InChI is InChI=1S/C33H42F2N6O5S/c1-22-26(23-19-36-40(6)20-23)12-13-27(41-16-9-14-33(34,35)15-17-41)29(22)30(43)37-24-10-8-11-25(18-24)47(7,45)38-28(42)21-39(5)31(44)46-32(2,3)4/h8,10-13,18-20H,9,14-17,21H2,1-7H3,(H,37,43)/t47-/m1/s1. The molecule has 0 aliphatic carbocycles. The van der Waals surface area contributed by atoms with E-state index < -0.39 is 45.7 Å². The number of alkyl halides is 2. The number of halogens is 2. The van der Waals surface area contributed by atoms with Crippen LogP contribution in [0.4, 0.5) is 25.0 Å². The van der Waals surface area contributed by atoms with E-state index in [9.17, 15) is 27.4 Å². The molecular formula is C33H42F2N6O5S. The van der Waals surface area contributed by atoms with Crippen LogP contribution in [0, 0.1) is 6.92 Å². The number of aromatic nitrogens is 2. The van der Waals surface area contributed by atoms with Gasteiger partial charge in [-0.05, 0) is 69.5 Å². The minimum Gasteiger partial charge on any atom is -0.444 e. The van der Waals surface area contributed by atoms with Crippen molar-refractivity contribution in [1.82, 2.24) is 14.7 Å². The number of hydrogen-bond acceptors (Lipinski definition) is 7. The van der Waals surface area contributed by atoms with Gasteiger partial charge < -0.3 is 19.9 Å². The Morgan fingerprint density at radius 1 is 1.15 bits per heavy atom. The van der Waals surface area contributed by atoms with Crippen molar-refractivity contribution in [2.75, 3.05) is 43.2 Å². The Labute approximate surface area is 274 Å². The number of likely N-dealkylation sites (N-methyl/N-ethyl adjacent to an activating group) is 1. The van der Waals surface area contributed by atoms with Crippen LogP contribution < -0.4 is 10.2 Å². The molecule has 0 spiro atoms. The summed E-state index contributed by atoms with van der Waals surface area (Å²) in [5.74, 6) is -4.03. The van der Waals surface area contributed by atoms with Gasteiger partial charge in [0.05, 0.1) is 21.5 Å². The van der Waals surface area contributed by atoms with Crippen molar-refractivity contribution in [1.29, 1.82) is 0 Å². The Hall–Kier alpha value is -4.33. The molecule has 1 atom stereocenters. The maximum absolute atomic E-state index is 14.2. The molecule has 1 fully saturated rings. The number of rotatable bonds is 7. The molecule has 0 bridgehead atoms. The van der Waals surface area contributed by atoms with E-state index in [1.54, 1.807) is 63.8 Å². The summed E-state index contributed by atoms with van der Waals surface area (Å²) in [6.07, 6.45) is 3.84. The molecule has 1 aromatic heterocycles. The third kappa shape index (κ3) is 9.15. The minimum atomic E-state index is -3.27. The largest absolute Gasteiger partial charge is 0.444 e. The van der Waals surface area contributed by atoms with Crippen LogP contribution in [-0.2, 0) is 26.3 Å². The van der Waals surface area contributed by atoms with Crippen molar-refractivity contribution in [3.8, 4) is 11.1 Å². The Bertz CT molecular complexity index is 1790. The molecule has 0 radical (unpaired) electrons. The van der Waals surface area contributed by atoms with Crippen LogP contribution in [0.5, 0.6) is 0 Å². The lowest BCUT2D eigenvalue weighted by Crippen LogP contribution is -2.37. The highest BCUT2D eigenvalue weighted by atomic mass is 32.2. The molecule has 14 heteroatoms. The van der Waals surface area contributed by atoms with Crippen LogP contribution in [0.15, 0.2) is 58.1 Å². The van der Waals surface area contributed by atoms with E-state index in [2.05, 4.69) is 14.8 Å². The number of amides is 3. The fourth-order valence-electron chi connectivity index (χ4n) is 5.31. The number of anilines is 2. The molecule has 3 aromatic rings. The number of nitrogens with one attached hydrogen (secondary N) is 1. The van der Waals surface area contributed by atoms with Crippen molar-refractivity contribution in [2.45, 2.75) is 63.4 Å².